The molecular weight excluding hydrogens is 582 g/mol. The van der Waals surface area contributed by atoms with Crippen LogP contribution in [0, 0.1) is 35.3 Å². The van der Waals surface area contributed by atoms with Crippen LogP contribution in [0.2, 0.25) is 0 Å². The third kappa shape index (κ3) is 6.19. The highest BCUT2D eigenvalue weighted by molar-refractivity contribution is 7.82. The minimum atomic E-state index is -2.33. The number of aromatic carboxylic acids is 1. The summed E-state index contributed by atoms with van der Waals surface area (Å²) in [7, 11) is -2.33. The summed E-state index contributed by atoms with van der Waals surface area (Å²) in [5.74, 6) is 4.69. The predicted molar refractivity (Wildman–Crippen MR) is 155 cm³/mol. The number of carboxylic acids is 1. The largest absolute Gasteiger partial charge is 0.870 e. The highest BCUT2D eigenvalue weighted by Crippen LogP contribution is 2.38. The van der Waals surface area contributed by atoms with Gasteiger partial charge in [0.05, 0.1) is 17.0 Å². The number of hydrogen-bond donors (Lipinski definition) is 2. The van der Waals surface area contributed by atoms with E-state index in [1.165, 1.54) is 34.9 Å². The van der Waals surface area contributed by atoms with Gasteiger partial charge in [0.25, 0.3) is 0 Å². The van der Waals surface area contributed by atoms with Gasteiger partial charge in [-0.25, -0.2) is 23.2 Å². The summed E-state index contributed by atoms with van der Waals surface area (Å²) in [4.78, 5) is 15.8. The van der Waals surface area contributed by atoms with Crippen molar-refractivity contribution in [3.63, 3.8) is 0 Å². The van der Waals surface area contributed by atoms with Gasteiger partial charge >= 0.3 is 5.97 Å². The summed E-state index contributed by atoms with van der Waals surface area (Å²) in [6, 6.07) is 9.15. The van der Waals surface area contributed by atoms with E-state index in [0.29, 0.717) is 34.3 Å². The Morgan fingerprint density at radius 1 is 1.14 bits per heavy atom. The van der Waals surface area contributed by atoms with Crippen LogP contribution in [-0.2, 0) is 28.0 Å². The van der Waals surface area contributed by atoms with E-state index in [0.717, 1.165) is 43.4 Å². The Hall–Kier alpha value is -3.76. The molecule has 218 valence electrons. The van der Waals surface area contributed by atoms with Crippen LogP contribution in [0.1, 0.15) is 65.0 Å². The Morgan fingerprint density at radius 3 is 2.55 bits per heavy atom. The quantitative estimate of drug-likeness (QED) is 0.155. The predicted octanol–water partition coefficient (Wildman–Crippen LogP) is 5.42. The average Bonchev–Trinajstić information content (AvgIpc) is 3.46. The summed E-state index contributed by atoms with van der Waals surface area (Å²) >= 11 is 1.17. The third-order valence-corrected chi connectivity index (χ3v) is 9.20. The lowest BCUT2D eigenvalue weighted by Gasteiger charge is -2.18. The molecule has 2 aliphatic rings. The summed E-state index contributed by atoms with van der Waals surface area (Å²) in [6.07, 6.45) is 6.25. The maximum absolute atomic E-state index is 14.8. The van der Waals surface area contributed by atoms with Crippen molar-refractivity contribution < 1.29 is 28.4 Å². The first-order chi connectivity index (χ1) is 19.8. The molecule has 2 aromatic heterocycles. The second kappa shape index (κ2) is 12.2. The third-order valence-electron chi connectivity index (χ3n) is 7.55. The van der Waals surface area contributed by atoms with Crippen molar-refractivity contribution in [1.29, 1.82) is 0 Å². The Bertz CT molecular complexity index is 1750. The molecule has 2 heterocycles. The van der Waals surface area contributed by atoms with Crippen molar-refractivity contribution in [2.75, 3.05) is 0 Å². The van der Waals surface area contributed by atoms with Gasteiger partial charge in [-0.05, 0) is 73.9 Å². The molecule has 0 aliphatic heterocycles. The van der Waals surface area contributed by atoms with E-state index in [1.54, 1.807) is 22.9 Å². The van der Waals surface area contributed by atoms with Crippen LogP contribution >= 0.6 is 11.3 Å². The number of carboxylic acid groups (broad SMARTS) is 1. The molecule has 1 atom stereocenters. The van der Waals surface area contributed by atoms with E-state index in [1.807, 2.05) is 0 Å². The maximum atomic E-state index is 14.8. The van der Waals surface area contributed by atoms with E-state index in [2.05, 4.69) is 16.8 Å². The number of hydrogen-bond acceptors (Lipinski definition) is 6. The van der Waals surface area contributed by atoms with Gasteiger partial charge < -0.3 is 10.6 Å². The van der Waals surface area contributed by atoms with Gasteiger partial charge in [0.1, 0.15) is 5.82 Å². The monoisotopic (exact) mass is 610 g/mol. The van der Waals surface area contributed by atoms with E-state index in [9.17, 15) is 22.9 Å². The fourth-order valence-corrected chi connectivity index (χ4v) is 6.14. The Kier molecular flexibility index (Phi) is 8.65. The van der Waals surface area contributed by atoms with Crippen molar-refractivity contribution in [2.24, 2.45) is 17.0 Å². The molecule has 2 aliphatic carbocycles. The van der Waals surface area contributed by atoms with Gasteiger partial charge in [-0.15, -0.1) is 16.5 Å². The van der Waals surface area contributed by atoms with Gasteiger partial charge in [0.2, 0.25) is 10.0 Å². The lowest BCUT2D eigenvalue weighted by Crippen LogP contribution is -2.07. The number of halogens is 2. The average molecular weight is 611 g/mol. The van der Waals surface area contributed by atoms with Crippen LogP contribution in [0.5, 0.6) is 0 Å². The molecule has 0 radical (unpaired) electrons. The Labute approximate surface area is 247 Å². The molecule has 42 heavy (non-hydrogen) atoms. The van der Waals surface area contributed by atoms with Gasteiger partial charge in [0.15, 0.2) is 22.5 Å². The molecule has 2 fully saturated rings. The van der Waals surface area contributed by atoms with E-state index in [4.69, 9.17) is 10.2 Å². The minimum absolute atomic E-state index is 0. The van der Waals surface area contributed by atoms with Crippen LogP contribution in [0.4, 0.5) is 8.78 Å². The fraction of sp³-hybridized carbons (Fsp3) is 0.300. The number of carbonyl (C=O) groups is 1. The summed E-state index contributed by atoms with van der Waals surface area (Å²) in [5, 5.41) is 21.7. The fourth-order valence-electron chi connectivity index (χ4n) is 4.87. The first-order valence-electron chi connectivity index (χ1n) is 13.4. The lowest BCUT2D eigenvalue weighted by atomic mass is 9.86. The van der Waals surface area contributed by atoms with Crippen LogP contribution in [-0.4, -0.2) is 31.3 Å². The molecule has 0 bridgehead atoms. The zero-order valence-corrected chi connectivity index (χ0v) is 24.1. The van der Waals surface area contributed by atoms with Crippen LogP contribution in [0.15, 0.2) is 46.7 Å². The van der Waals surface area contributed by atoms with Crippen LogP contribution < -0.4 is 5.14 Å². The van der Waals surface area contributed by atoms with Gasteiger partial charge in [0, 0.05) is 28.8 Å². The number of nitrogens with two attached hydrogens (primary N) is 1. The number of nitrogens with zero attached hydrogens (tertiary/aromatic N) is 3. The van der Waals surface area contributed by atoms with Crippen molar-refractivity contribution in [3.8, 4) is 28.2 Å². The molecule has 2 aromatic carbocycles. The van der Waals surface area contributed by atoms with Crippen LogP contribution in [0.3, 0.4) is 0 Å². The summed E-state index contributed by atoms with van der Waals surface area (Å²) in [5.41, 5.74) is 3.68. The smallest absolute Gasteiger partial charge is 0.355 e. The topological polar surface area (TPSA) is 141 Å². The molecule has 0 spiro atoms. The standard InChI is InChI=1S/C30H26F2N4O3S2.H2O/c31-23-10-9-21(15-20(23)8-6-17-2-1-3-17)28-22(12-19-7-11-27(41(33)39)24(32)13-19)26(14-18-4-5-18)36(35-28)30-34-25(16-40-30)29(37)38;/h7,9-11,13,15-18H,1-5,12,14H2,(H2,33,39)(H,37,38);1H2. The van der Waals surface area contributed by atoms with Crippen molar-refractivity contribution in [1.82, 2.24) is 14.8 Å². The van der Waals surface area contributed by atoms with Crippen LogP contribution in [0.25, 0.3) is 16.4 Å². The zero-order valence-electron chi connectivity index (χ0n) is 22.4. The molecule has 8 nitrogen and oxygen atoms in total. The molecule has 4 aromatic rings. The summed E-state index contributed by atoms with van der Waals surface area (Å²) in [6.45, 7) is 0. The molecule has 12 heteroatoms. The SMILES string of the molecule is N[SH+](=O)c1ccc(Cc2c(-c3ccc(F)c(C#CC4CCC4)c3)nn(-c3nc(C(=O)O)cs3)c2CC2CC2)cc1F.[OH-]. The number of aromatic nitrogens is 3. The van der Waals surface area contributed by atoms with Gasteiger partial charge in [-0.3, -0.25) is 0 Å². The molecule has 0 saturated heterocycles. The van der Waals surface area contributed by atoms with Crippen molar-refractivity contribution in [2.45, 2.75) is 49.8 Å². The molecule has 2 saturated carbocycles. The van der Waals surface area contributed by atoms with E-state index >= 15 is 0 Å². The Morgan fingerprint density at radius 2 is 1.93 bits per heavy atom. The number of benzene rings is 2. The zero-order chi connectivity index (χ0) is 28.7. The van der Waals surface area contributed by atoms with Gasteiger partial charge in [-0.2, -0.15) is 5.10 Å². The molecule has 1 unspecified atom stereocenters. The number of thiol groups is 1. The normalized spacial score (nSPS) is 15.3. The number of thiazole rings is 1. The van der Waals surface area contributed by atoms with Crippen molar-refractivity contribution >= 4 is 28.3 Å². The first-order valence-corrected chi connectivity index (χ1v) is 15.6. The van der Waals surface area contributed by atoms with E-state index in [-0.39, 0.29) is 34.0 Å². The van der Waals surface area contributed by atoms with Gasteiger partial charge in [-0.1, -0.05) is 28.5 Å². The summed E-state index contributed by atoms with van der Waals surface area (Å²) < 4.78 is 43.0. The molecule has 4 N–H and O–H groups in total. The molecule has 0 amide bonds. The molecule has 6 rings (SSSR count). The molecular formula is C30H28F2N4O4S2. The Balaban J connectivity index is 0.00000353. The lowest BCUT2D eigenvalue weighted by molar-refractivity contribution is 0.0691. The maximum Gasteiger partial charge on any atom is 0.355 e. The number of rotatable bonds is 8. The van der Waals surface area contributed by atoms with Crippen molar-refractivity contribution in [3.05, 3.63) is 81.5 Å². The minimum Gasteiger partial charge on any atom is -0.870 e. The highest BCUT2D eigenvalue weighted by Gasteiger charge is 2.30. The second-order valence-electron chi connectivity index (χ2n) is 10.5. The van der Waals surface area contributed by atoms with E-state index < -0.39 is 28.6 Å². The first kappa shape index (κ1) is 29.7. The second-order valence-corrected chi connectivity index (χ2v) is 12.5. The highest BCUT2D eigenvalue weighted by atomic mass is 32.2.